The number of amides is 1. The number of ether oxygens (including phenoxy) is 1. The third-order valence-electron chi connectivity index (χ3n) is 5.20. The van der Waals surface area contributed by atoms with E-state index in [1.807, 2.05) is 4.90 Å². The highest BCUT2D eigenvalue weighted by Gasteiger charge is 2.31. The molecule has 0 radical (unpaired) electrons. The number of nitrogens with zero attached hydrogens (tertiary/aromatic N) is 3. The molecule has 1 aromatic carbocycles. The molecule has 0 unspecified atom stereocenters. The van der Waals surface area contributed by atoms with E-state index in [1.165, 1.54) is 12.1 Å². The van der Waals surface area contributed by atoms with Crippen LogP contribution in [0.25, 0.3) is 11.0 Å². The van der Waals surface area contributed by atoms with E-state index in [9.17, 15) is 22.8 Å². The highest BCUT2D eigenvalue weighted by molar-refractivity contribution is 5.79. The van der Waals surface area contributed by atoms with Crippen LogP contribution in [0.4, 0.5) is 19.0 Å². The summed E-state index contributed by atoms with van der Waals surface area (Å²) >= 11 is 0. The van der Waals surface area contributed by atoms with Crippen LogP contribution in [0, 0.1) is 0 Å². The average Bonchev–Trinajstić information content (AvgIpc) is 3.03. The number of alkyl halides is 3. The molecule has 1 aliphatic heterocycles. The zero-order chi connectivity index (χ0) is 22.7. The second-order valence-electron chi connectivity index (χ2n) is 7.37. The van der Waals surface area contributed by atoms with E-state index in [-0.39, 0.29) is 12.5 Å². The Hall–Kier alpha value is -3.56. The lowest BCUT2D eigenvalue weighted by molar-refractivity contribution is -0.137. The molecule has 2 aromatic heterocycles. The molecule has 0 aliphatic carbocycles. The molecule has 1 amide bonds. The number of pyridine rings is 1. The van der Waals surface area contributed by atoms with E-state index in [0.717, 1.165) is 17.6 Å². The van der Waals surface area contributed by atoms with Gasteiger partial charge in [0.25, 0.3) is 5.91 Å². The fourth-order valence-corrected chi connectivity index (χ4v) is 3.50. The molecule has 0 bridgehead atoms. The fourth-order valence-electron chi connectivity index (χ4n) is 3.50. The predicted molar refractivity (Wildman–Crippen MR) is 111 cm³/mol. The Balaban J connectivity index is 1.34. The van der Waals surface area contributed by atoms with E-state index < -0.39 is 17.4 Å². The van der Waals surface area contributed by atoms with Crippen LogP contribution in [0.5, 0.6) is 5.75 Å². The van der Waals surface area contributed by atoms with Crippen LogP contribution in [0.3, 0.4) is 0 Å². The third kappa shape index (κ3) is 5.01. The number of benzene rings is 1. The lowest BCUT2D eigenvalue weighted by Crippen LogP contribution is -2.38. The molecular weight excluding hydrogens is 427 g/mol. The number of rotatable bonds is 4. The monoisotopic (exact) mass is 447 g/mol. The van der Waals surface area contributed by atoms with Gasteiger partial charge in [-0.25, -0.2) is 9.78 Å². The quantitative estimate of drug-likeness (QED) is 0.572. The summed E-state index contributed by atoms with van der Waals surface area (Å²) in [4.78, 5) is 31.4. The molecule has 1 aliphatic rings. The van der Waals surface area contributed by atoms with E-state index >= 15 is 0 Å². The van der Waals surface area contributed by atoms with Gasteiger partial charge in [-0.05, 0) is 36.8 Å². The number of carbonyl (C=O) groups excluding carboxylic acids is 1. The van der Waals surface area contributed by atoms with Gasteiger partial charge in [0, 0.05) is 49.9 Å². The summed E-state index contributed by atoms with van der Waals surface area (Å²) in [6, 6.07) is 10.3. The number of carbonyl (C=O) groups is 1. The first kappa shape index (κ1) is 21.7. The maximum atomic E-state index is 12.7. The predicted octanol–water partition coefficient (Wildman–Crippen LogP) is 3.32. The highest BCUT2D eigenvalue weighted by Crippen LogP contribution is 2.29. The summed E-state index contributed by atoms with van der Waals surface area (Å²) < 4.78 is 48.9. The molecule has 0 N–H and O–H groups in total. The Labute approximate surface area is 181 Å². The Kier molecular flexibility index (Phi) is 6.02. The lowest BCUT2D eigenvalue weighted by Gasteiger charge is -2.23. The first-order valence-corrected chi connectivity index (χ1v) is 10.0. The fraction of sp³-hybridized carbons (Fsp3) is 0.318. The van der Waals surface area contributed by atoms with Crippen molar-refractivity contribution in [3.63, 3.8) is 0 Å². The van der Waals surface area contributed by atoms with Crippen LogP contribution in [0.1, 0.15) is 12.0 Å². The molecule has 7 nitrogen and oxygen atoms in total. The Morgan fingerprint density at radius 1 is 1.06 bits per heavy atom. The van der Waals surface area contributed by atoms with E-state index in [0.29, 0.717) is 49.8 Å². The summed E-state index contributed by atoms with van der Waals surface area (Å²) in [5.41, 5.74) is -0.891. The second kappa shape index (κ2) is 8.89. The molecular formula is C22H20F3N3O4. The number of anilines is 1. The Bertz CT molecular complexity index is 1160. The van der Waals surface area contributed by atoms with E-state index in [4.69, 9.17) is 9.15 Å². The summed E-state index contributed by atoms with van der Waals surface area (Å²) in [5, 5.41) is 0.743. The van der Waals surface area contributed by atoms with Crippen molar-refractivity contribution >= 4 is 22.7 Å². The minimum absolute atomic E-state index is 0.179. The van der Waals surface area contributed by atoms with Crippen LogP contribution in [-0.4, -0.2) is 48.6 Å². The SMILES string of the molecule is O=C(COc1ccc2ccc(=O)oc2c1)N1CCCN(c2ccc(C(F)(F)F)cn2)CC1. The first-order valence-electron chi connectivity index (χ1n) is 10.0. The van der Waals surface area contributed by atoms with Gasteiger partial charge in [-0.2, -0.15) is 13.2 Å². The number of halogens is 3. The van der Waals surface area contributed by atoms with Gasteiger partial charge in [0.2, 0.25) is 0 Å². The van der Waals surface area contributed by atoms with Crippen molar-refractivity contribution in [2.24, 2.45) is 0 Å². The normalized spacial score (nSPS) is 15.0. The molecule has 32 heavy (non-hydrogen) atoms. The number of fused-ring (bicyclic) bond motifs is 1. The van der Waals surface area contributed by atoms with Gasteiger partial charge >= 0.3 is 11.8 Å². The standard InChI is InChI=1S/C22H20F3N3O4/c23-22(24,25)16-4-6-19(26-13-16)27-8-1-9-28(11-10-27)20(29)14-31-17-5-2-15-3-7-21(30)32-18(15)12-17/h2-7,12-13H,1,8-11,14H2. The maximum absolute atomic E-state index is 12.7. The molecule has 3 heterocycles. The minimum Gasteiger partial charge on any atom is -0.484 e. The molecule has 0 saturated carbocycles. The second-order valence-corrected chi connectivity index (χ2v) is 7.37. The van der Waals surface area contributed by atoms with Gasteiger partial charge in [0.15, 0.2) is 6.61 Å². The first-order chi connectivity index (χ1) is 15.3. The molecule has 1 fully saturated rings. The van der Waals surface area contributed by atoms with Crippen molar-refractivity contribution in [2.75, 3.05) is 37.7 Å². The number of aromatic nitrogens is 1. The average molecular weight is 447 g/mol. The molecule has 3 aromatic rings. The Morgan fingerprint density at radius 3 is 2.62 bits per heavy atom. The van der Waals surface area contributed by atoms with Crippen LogP contribution in [0.2, 0.25) is 0 Å². The smallest absolute Gasteiger partial charge is 0.417 e. The zero-order valence-corrected chi connectivity index (χ0v) is 17.0. The van der Waals surface area contributed by atoms with Crippen molar-refractivity contribution in [1.82, 2.24) is 9.88 Å². The third-order valence-corrected chi connectivity index (χ3v) is 5.20. The highest BCUT2D eigenvalue weighted by atomic mass is 19.4. The van der Waals surface area contributed by atoms with Crippen LogP contribution < -0.4 is 15.3 Å². The van der Waals surface area contributed by atoms with Gasteiger partial charge in [0.1, 0.15) is 17.2 Å². The van der Waals surface area contributed by atoms with Crippen molar-refractivity contribution in [3.8, 4) is 5.75 Å². The van der Waals surface area contributed by atoms with Crippen LogP contribution in [-0.2, 0) is 11.0 Å². The minimum atomic E-state index is -4.43. The maximum Gasteiger partial charge on any atom is 0.417 e. The van der Waals surface area contributed by atoms with Gasteiger partial charge < -0.3 is 19.0 Å². The van der Waals surface area contributed by atoms with Crippen LogP contribution >= 0.6 is 0 Å². The van der Waals surface area contributed by atoms with Crippen molar-refractivity contribution < 1.29 is 27.1 Å². The van der Waals surface area contributed by atoms with Crippen molar-refractivity contribution in [3.05, 3.63) is 64.6 Å². The van der Waals surface area contributed by atoms with Gasteiger partial charge in [-0.1, -0.05) is 0 Å². The molecule has 1 saturated heterocycles. The lowest BCUT2D eigenvalue weighted by atomic mass is 10.2. The summed E-state index contributed by atoms with van der Waals surface area (Å²) in [6.07, 6.45) is -2.96. The van der Waals surface area contributed by atoms with Crippen molar-refractivity contribution in [1.29, 1.82) is 0 Å². The molecule has 10 heteroatoms. The van der Waals surface area contributed by atoms with Gasteiger partial charge in [-0.3, -0.25) is 4.79 Å². The largest absolute Gasteiger partial charge is 0.484 e. The molecule has 168 valence electrons. The van der Waals surface area contributed by atoms with Gasteiger partial charge in [0.05, 0.1) is 5.56 Å². The molecule has 0 spiro atoms. The summed E-state index contributed by atoms with van der Waals surface area (Å²) in [6.45, 7) is 1.75. The van der Waals surface area contributed by atoms with E-state index in [2.05, 4.69) is 4.98 Å². The molecule has 0 atom stereocenters. The topological polar surface area (TPSA) is 75.9 Å². The van der Waals surface area contributed by atoms with Gasteiger partial charge in [-0.15, -0.1) is 0 Å². The summed E-state index contributed by atoms with van der Waals surface area (Å²) in [7, 11) is 0. The zero-order valence-electron chi connectivity index (χ0n) is 17.0. The Morgan fingerprint density at radius 2 is 1.88 bits per heavy atom. The summed E-state index contributed by atoms with van der Waals surface area (Å²) in [5.74, 6) is 0.647. The van der Waals surface area contributed by atoms with Crippen LogP contribution in [0.15, 0.2) is 57.9 Å². The van der Waals surface area contributed by atoms with Crippen molar-refractivity contribution in [2.45, 2.75) is 12.6 Å². The number of hydrogen-bond donors (Lipinski definition) is 0. The van der Waals surface area contributed by atoms with E-state index in [1.54, 1.807) is 29.2 Å². The molecule has 4 rings (SSSR count). The number of hydrogen-bond acceptors (Lipinski definition) is 6.